The van der Waals surface area contributed by atoms with E-state index >= 15 is 0 Å². The molecule has 1 aromatic rings. The van der Waals surface area contributed by atoms with Gasteiger partial charge in [0.2, 0.25) is 0 Å². The van der Waals surface area contributed by atoms with Crippen molar-refractivity contribution in [2.45, 2.75) is 32.2 Å². The maximum absolute atomic E-state index is 13.2. The van der Waals surface area contributed by atoms with Gasteiger partial charge in [-0.2, -0.15) is 12.7 Å². The minimum atomic E-state index is -3.98. The highest BCUT2D eigenvalue weighted by Crippen LogP contribution is 2.23. The predicted molar refractivity (Wildman–Crippen MR) is 75.7 cm³/mol. The molecule has 0 saturated carbocycles. The lowest BCUT2D eigenvalue weighted by molar-refractivity contribution is -0.142. The van der Waals surface area contributed by atoms with E-state index in [-0.39, 0.29) is 12.2 Å². The van der Waals surface area contributed by atoms with Crippen molar-refractivity contribution in [3.05, 3.63) is 29.6 Å². The summed E-state index contributed by atoms with van der Waals surface area (Å²) >= 11 is 0. The lowest BCUT2D eigenvalue weighted by atomic mass is 10.1. The van der Waals surface area contributed by atoms with E-state index in [1.807, 2.05) is 0 Å². The van der Waals surface area contributed by atoms with E-state index in [4.69, 9.17) is 5.11 Å². The molecule has 0 aliphatic carbocycles. The van der Waals surface area contributed by atoms with Crippen LogP contribution in [0.2, 0.25) is 0 Å². The first-order valence-corrected chi connectivity index (χ1v) is 8.04. The minimum absolute atomic E-state index is 0.159. The fourth-order valence-electron chi connectivity index (χ4n) is 2.36. The van der Waals surface area contributed by atoms with Gasteiger partial charge in [-0.05, 0) is 49.9 Å². The molecule has 0 spiro atoms. The van der Waals surface area contributed by atoms with Crippen LogP contribution in [0.1, 0.15) is 24.8 Å². The Morgan fingerprint density at radius 1 is 1.43 bits per heavy atom. The molecule has 1 aromatic carbocycles. The van der Waals surface area contributed by atoms with Crippen LogP contribution in [0, 0.1) is 12.7 Å². The van der Waals surface area contributed by atoms with E-state index in [0.717, 1.165) is 10.4 Å². The van der Waals surface area contributed by atoms with Crippen LogP contribution >= 0.6 is 0 Å². The van der Waals surface area contributed by atoms with E-state index in [1.165, 1.54) is 19.1 Å². The molecule has 1 atom stereocenters. The summed E-state index contributed by atoms with van der Waals surface area (Å²) in [6, 6.07) is 2.78. The van der Waals surface area contributed by atoms with Crippen molar-refractivity contribution in [2.24, 2.45) is 0 Å². The van der Waals surface area contributed by atoms with Gasteiger partial charge in [0.1, 0.15) is 11.9 Å². The van der Waals surface area contributed by atoms with Gasteiger partial charge in [-0.15, -0.1) is 0 Å². The standard InChI is InChI=1S/C13H17FN2O4S/c1-9-8-10(5-6-11(9)14)15-21(19,20)16-7-3-2-4-12(16)13(17)18/h5-6,8,12,15H,2-4,7H2,1H3,(H,17,18). The second-order valence-electron chi connectivity index (χ2n) is 5.03. The molecule has 6 nitrogen and oxygen atoms in total. The van der Waals surface area contributed by atoms with Crippen LogP contribution in [0.25, 0.3) is 0 Å². The summed E-state index contributed by atoms with van der Waals surface area (Å²) in [4.78, 5) is 11.2. The smallest absolute Gasteiger partial charge is 0.322 e. The summed E-state index contributed by atoms with van der Waals surface area (Å²) in [6.07, 6.45) is 1.59. The van der Waals surface area contributed by atoms with Gasteiger partial charge in [0, 0.05) is 6.54 Å². The molecule has 1 saturated heterocycles. The number of carboxylic acid groups (broad SMARTS) is 1. The topological polar surface area (TPSA) is 86.7 Å². The molecule has 1 aliphatic heterocycles. The Balaban J connectivity index is 2.23. The number of aryl methyl sites for hydroxylation is 1. The van der Waals surface area contributed by atoms with Crippen molar-refractivity contribution in [3.63, 3.8) is 0 Å². The van der Waals surface area contributed by atoms with E-state index in [9.17, 15) is 17.6 Å². The zero-order valence-corrected chi connectivity index (χ0v) is 12.4. The van der Waals surface area contributed by atoms with Gasteiger partial charge in [0.25, 0.3) is 0 Å². The molecule has 2 N–H and O–H groups in total. The predicted octanol–water partition coefficient (Wildman–Crippen LogP) is 1.73. The molecule has 1 unspecified atom stereocenters. The first kappa shape index (κ1) is 15.7. The fraction of sp³-hybridized carbons (Fsp3) is 0.462. The number of carbonyl (C=O) groups is 1. The molecule has 21 heavy (non-hydrogen) atoms. The number of piperidine rings is 1. The van der Waals surface area contributed by atoms with Gasteiger partial charge in [0.15, 0.2) is 0 Å². The summed E-state index contributed by atoms with van der Waals surface area (Å²) in [5, 5.41) is 9.14. The Bertz CT molecular complexity index is 648. The molecule has 8 heteroatoms. The van der Waals surface area contributed by atoms with Crippen LogP contribution in [0.4, 0.5) is 10.1 Å². The molecule has 0 bridgehead atoms. The van der Waals surface area contributed by atoms with Crippen LogP contribution in [0.3, 0.4) is 0 Å². The summed E-state index contributed by atoms with van der Waals surface area (Å²) < 4.78 is 41.1. The molecular weight excluding hydrogens is 299 g/mol. The molecule has 1 fully saturated rings. The van der Waals surface area contributed by atoms with Crippen molar-refractivity contribution in [2.75, 3.05) is 11.3 Å². The molecule has 0 radical (unpaired) electrons. The fourth-order valence-corrected chi connectivity index (χ4v) is 3.80. The Morgan fingerprint density at radius 2 is 2.14 bits per heavy atom. The summed E-state index contributed by atoms with van der Waals surface area (Å²) in [7, 11) is -3.98. The molecule has 0 aromatic heterocycles. The number of aliphatic carboxylic acids is 1. The highest BCUT2D eigenvalue weighted by molar-refractivity contribution is 7.90. The number of carboxylic acids is 1. The van der Waals surface area contributed by atoms with Crippen LogP contribution in [-0.4, -0.2) is 36.4 Å². The van der Waals surface area contributed by atoms with Gasteiger partial charge in [-0.1, -0.05) is 0 Å². The number of hydrogen-bond acceptors (Lipinski definition) is 3. The molecular formula is C13H17FN2O4S. The number of hydrogen-bond donors (Lipinski definition) is 2. The van der Waals surface area contributed by atoms with Gasteiger partial charge >= 0.3 is 16.2 Å². The van der Waals surface area contributed by atoms with Crippen LogP contribution in [0.5, 0.6) is 0 Å². The summed E-state index contributed by atoms with van der Waals surface area (Å²) in [5.41, 5.74) is 0.521. The molecule has 1 aliphatic rings. The van der Waals surface area contributed by atoms with Gasteiger partial charge in [-0.25, -0.2) is 4.39 Å². The molecule has 1 heterocycles. The molecule has 0 amide bonds. The second kappa shape index (κ2) is 5.98. The van der Waals surface area contributed by atoms with E-state index < -0.39 is 28.0 Å². The Labute approximate surface area is 122 Å². The third-order valence-electron chi connectivity index (χ3n) is 3.45. The van der Waals surface area contributed by atoms with Gasteiger partial charge < -0.3 is 5.11 Å². The lowest BCUT2D eigenvalue weighted by Crippen LogP contribution is -2.49. The van der Waals surface area contributed by atoms with E-state index in [1.54, 1.807) is 0 Å². The Morgan fingerprint density at radius 3 is 2.76 bits per heavy atom. The minimum Gasteiger partial charge on any atom is -0.480 e. The second-order valence-corrected chi connectivity index (χ2v) is 6.65. The largest absolute Gasteiger partial charge is 0.480 e. The average molecular weight is 316 g/mol. The maximum Gasteiger partial charge on any atom is 0.322 e. The van der Waals surface area contributed by atoms with Gasteiger partial charge in [-0.3, -0.25) is 9.52 Å². The zero-order chi connectivity index (χ0) is 15.6. The number of nitrogens with one attached hydrogen (secondary N) is 1. The highest BCUT2D eigenvalue weighted by Gasteiger charge is 2.36. The first-order chi connectivity index (χ1) is 9.81. The monoisotopic (exact) mass is 316 g/mol. The highest BCUT2D eigenvalue weighted by atomic mass is 32.2. The number of halogens is 1. The third kappa shape index (κ3) is 3.51. The first-order valence-electron chi connectivity index (χ1n) is 6.60. The van der Waals surface area contributed by atoms with E-state index in [0.29, 0.717) is 24.8 Å². The Kier molecular flexibility index (Phi) is 4.48. The van der Waals surface area contributed by atoms with E-state index in [2.05, 4.69) is 4.72 Å². The summed E-state index contributed by atoms with van der Waals surface area (Å²) in [5.74, 6) is -1.59. The lowest BCUT2D eigenvalue weighted by Gasteiger charge is -2.31. The molecule has 116 valence electrons. The Hall–Kier alpha value is -1.67. The summed E-state index contributed by atoms with van der Waals surface area (Å²) in [6.45, 7) is 1.68. The van der Waals surface area contributed by atoms with Crippen LogP contribution in [0.15, 0.2) is 18.2 Å². The van der Waals surface area contributed by atoms with Gasteiger partial charge in [0.05, 0.1) is 5.69 Å². The number of nitrogens with zero attached hydrogens (tertiary/aromatic N) is 1. The number of rotatable bonds is 4. The van der Waals surface area contributed by atoms with Crippen molar-refractivity contribution < 1.29 is 22.7 Å². The van der Waals surface area contributed by atoms with Crippen molar-refractivity contribution in [1.82, 2.24) is 4.31 Å². The van der Waals surface area contributed by atoms with Crippen molar-refractivity contribution >= 4 is 21.9 Å². The quantitative estimate of drug-likeness (QED) is 0.885. The SMILES string of the molecule is Cc1cc(NS(=O)(=O)N2CCCCC2C(=O)O)ccc1F. The zero-order valence-electron chi connectivity index (χ0n) is 11.5. The maximum atomic E-state index is 13.2. The third-order valence-corrected chi connectivity index (χ3v) is 5.00. The van der Waals surface area contributed by atoms with Crippen LogP contribution < -0.4 is 4.72 Å². The average Bonchev–Trinajstić information content (AvgIpc) is 2.42. The molecule has 2 rings (SSSR count). The number of anilines is 1. The van der Waals surface area contributed by atoms with Crippen LogP contribution in [-0.2, 0) is 15.0 Å². The van der Waals surface area contributed by atoms with Crippen molar-refractivity contribution in [3.8, 4) is 0 Å². The van der Waals surface area contributed by atoms with Crippen molar-refractivity contribution in [1.29, 1.82) is 0 Å². The number of benzene rings is 1. The normalized spacial score (nSPS) is 20.2.